The first-order valence-corrected chi connectivity index (χ1v) is 10.8. The van der Waals surface area contributed by atoms with Gasteiger partial charge in [0.25, 0.3) is 0 Å². The Balaban J connectivity index is 1.97. The maximum absolute atomic E-state index is 13.6. The van der Waals surface area contributed by atoms with Gasteiger partial charge in [-0.3, -0.25) is 9.59 Å². The monoisotopic (exact) mass is 444 g/mol. The van der Waals surface area contributed by atoms with Gasteiger partial charge in [-0.2, -0.15) is 0 Å². The minimum atomic E-state index is -0.978. The topological polar surface area (TPSA) is 54.4 Å². The maximum atomic E-state index is 13.6. The number of carboxylic acids is 1. The van der Waals surface area contributed by atoms with Crippen LogP contribution in [0.2, 0.25) is 5.02 Å². The van der Waals surface area contributed by atoms with Crippen LogP contribution in [0.5, 0.6) is 0 Å². The molecule has 0 spiro atoms. The van der Waals surface area contributed by atoms with E-state index in [9.17, 15) is 14.7 Å². The summed E-state index contributed by atoms with van der Waals surface area (Å²) in [5.41, 5.74) is 1.71. The lowest BCUT2D eigenvalue weighted by Crippen LogP contribution is -2.35. The molecule has 0 aliphatic rings. The lowest BCUT2D eigenvalue weighted by atomic mass is 9.70. The predicted molar refractivity (Wildman–Crippen MR) is 131 cm³/mol. The first-order chi connectivity index (χ1) is 15.5. The Bertz CT molecular complexity index is 1090. The fourth-order valence-electron chi connectivity index (χ4n) is 3.67. The molecule has 0 radical (unpaired) electrons. The molecule has 3 aromatic carbocycles. The molecule has 0 heterocycles. The second-order valence-electron chi connectivity index (χ2n) is 7.61. The normalized spacial score (nSPS) is 13.3. The number of rotatable bonds is 10. The summed E-state index contributed by atoms with van der Waals surface area (Å²) in [6.07, 6.45) is 7.71. The van der Waals surface area contributed by atoms with Crippen molar-refractivity contribution in [2.75, 3.05) is 0 Å². The molecule has 0 aliphatic carbocycles. The molecule has 0 amide bonds. The molecule has 0 bridgehead atoms. The molecule has 32 heavy (non-hydrogen) atoms. The maximum Gasteiger partial charge on any atom is 0.303 e. The number of ketones is 1. The fraction of sp³-hybridized carbons (Fsp3) is 0.143. The van der Waals surface area contributed by atoms with Gasteiger partial charge in [0.1, 0.15) is 0 Å². The van der Waals surface area contributed by atoms with E-state index in [-0.39, 0.29) is 18.6 Å². The smallest absolute Gasteiger partial charge is 0.303 e. The predicted octanol–water partition coefficient (Wildman–Crippen LogP) is 6.83. The Hall–Kier alpha value is -3.43. The lowest BCUT2D eigenvalue weighted by Gasteiger charge is -2.31. The van der Waals surface area contributed by atoms with Gasteiger partial charge in [-0.15, -0.1) is 0 Å². The van der Waals surface area contributed by atoms with Crippen molar-refractivity contribution in [3.8, 4) is 0 Å². The van der Waals surface area contributed by atoms with Crippen molar-refractivity contribution in [2.24, 2.45) is 0 Å². The van der Waals surface area contributed by atoms with Crippen LogP contribution in [0.4, 0.5) is 0 Å². The van der Waals surface area contributed by atoms with Crippen LogP contribution in [0, 0.1) is 0 Å². The molecule has 1 N–H and O–H groups in total. The van der Waals surface area contributed by atoms with E-state index in [4.69, 9.17) is 11.6 Å². The number of allylic oxidation sites excluding steroid dienone is 2. The number of hydrogen-bond donors (Lipinski definition) is 1. The van der Waals surface area contributed by atoms with E-state index in [1.165, 1.54) is 0 Å². The lowest BCUT2D eigenvalue weighted by molar-refractivity contribution is -0.137. The fourth-order valence-corrected chi connectivity index (χ4v) is 3.80. The third kappa shape index (κ3) is 6.29. The second kappa shape index (κ2) is 11.3. The quantitative estimate of drug-likeness (QED) is 0.349. The number of benzene rings is 3. The third-order valence-electron chi connectivity index (χ3n) is 5.44. The Labute approximate surface area is 193 Å². The molecule has 162 valence electrons. The van der Waals surface area contributed by atoms with Gasteiger partial charge in [-0.25, -0.2) is 0 Å². The van der Waals surface area contributed by atoms with Crippen molar-refractivity contribution in [3.05, 3.63) is 119 Å². The Kier molecular flexibility index (Phi) is 8.18. The van der Waals surface area contributed by atoms with Gasteiger partial charge in [0.2, 0.25) is 0 Å². The van der Waals surface area contributed by atoms with Crippen LogP contribution in [0.25, 0.3) is 12.2 Å². The SMILES string of the molecule is O=C(O)CCC(C/C=C/c1ccccc1)(C(=O)/C=C/c1ccc(Cl)cc1)c1ccccc1. The minimum Gasteiger partial charge on any atom is -0.481 e. The summed E-state index contributed by atoms with van der Waals surface area (Å²) in [4.78, 5) is 25.1. The molecular weight excluding hydrogens is 420 g/mol. The zero-order chi connectivity index (χ0) is 22.8. The summed E-state index contributed by atoms with van der Waals surface area (Å²) >= 11 is 5.95. The van der Waals surface area contributed by atoms with Gasteiger partial charge in [0, 0.05) is 11.4 Å². The van der Waals surface area contributed by atoms with E-state index in [0.29, 0.717) is 11.4 Å². The Morgan fingerprint density at radius 1 is 0.812 bits per heavy atom. The summed E-state index contributed by atoms with van der Waals surface area (Å²) in [6.45, 7) is 0. The number of carboxylic acid groups (broad SMARTS) is 1. The number of carbonyl (C=O) groups is 2. The molecule has 1 unspecified atom stereocenters. The molecular formula is C28H25ClO3. The highest BCUT2D eigenvalue weighted by Gasteiger charge is 2.37. The molecule has 1 atom stereocenters. The van der Waals surface area contributed by atoms with Crippen LogP contribution < -0.4 is 0 Å². The van der Waals surface area contributed by atoms with Crippen LogP contribution in [0.3, 0.4) is 0 Å². The molecule has 0 aromatic heterocycles. The first-order valence-electron chi connectivity index (χ1n) is 10.5. The van der Waals surface area contributed by atoms with Crippen molar-refractivity contribution in [1.82, 2.24) is 0 Å². The largest absolute Gasteiger partial charge is 0.481 e. The van der Waals surface area contributed by atoms with Gasteiger partial charge >= 0.3 is 5.97 Å². The van der Waals surface area contributed by atoms with E-state index < -0.39 is 11.4 Å². The molecule has 3 rings (SSSR count). The molecule has 0 saturated heterocycles. The number of carbonyl (C=O) groups excluding carboxylic acids is 1. The summed E-state index contributed by atoms with van der Waals surface area (Å²) in [7, 11) is 0. The van der Waals surface area contributed by atoms with Crippen LogP contribution >= 0.6 is 11.6 Å². The van der Waals surface area contributed by atoms with Gasteiger partial charge in [0.15, 0.2) is 5.78 Å². The number of halogens is 1. The zero-order valence-corrected chi connectivity index (χ0v) is 18.4. The molecule has 4 heteroatoms. The van der Waals surface area contributed by atoms with Crippen LogP contribution in [-0.4, -0.2) is 16.9 Å². The summed E-state index contributed by atoms with van der Waals surface area (Å²) < 4.78 is 0. The average molecular weight is 445 g/mol. The first kappa shape index (κ1) is 23.2. The van der Waals surface area contributed by atoms with E-state index in [1.807, 2.05) is 84.9 Å². The van der Waals surface area contributed by atoms with Crippen molar-refractivity contribution >= 4 is 35.5 Å². The standard InChI is InChI=1S/C28H25ClO3/c29-25-16-13-23(14-17-25)15-18-26(30)28(21-19-27(31)32,24-11-5-2-6-12-24)20-7-10-22-8-3-1-4-9-22/h1-18H,19-21H2,(H,31,32)/b10-7+,18-15+. The van der Waals surface area contributed by atoms with Gasteiger partial charge in [0.05, 0.1) is 5.41 Å². The highest BCUT2D eigenvalue weighted by Crippen LogP contribution is 2.36. The summed E-state index contributed by atoms with van der Waals surface area (Å²) in [5.74, 6) is -1.05. The van der Waals surface area contributed by atoms with Crippen molar-refractivity contribution in [2.45, 2.75) is 24.7 Å². The van der Waals surface area contributed by atoms with Gasteiger partial charge in [-0.1, -0.05) is 103 Å². The van der Waals surface area contributed by atoms with Crippen molar-refractivity contribution < 1.29 is 14.7 Å². The molecule has 0 aliphatic heterocycles. The van der Waals surface area contributed by atoms with Crippen LogP contribution in [-0.2, 0) is 15.0 Å². The molecule has 0 saturated carbocycles. The molecule has 3 nitrogen and oxygen atoms in total. The zero-order valence-electron chi connectivity index (χ0n) is 17.7. The Morgan fingerprint density at radius 2 is 1.41 bits per heavy atom. The van der Waals surface area contributed by atoms with E-state index in [2.05, 4.69) is 0 Å². The average Bonchev–Trinajstić information content (AvgIpc) is 2.82. The highest BCUT2D eigenvalue weighted by molar-refractivity contribution is 6.30. The molecule has 0 fully saturated rings. The summed E-state index contributed by atoms with van der Waals surface area (Å²) in [6, 6.07) is 26.5. The summed E-state index contributed by atoms with van der Waals surface area (Å²) in [5, 5.41) is 10.0. The second-order valence-corrected chi connectivity index (χ2v) is 8.04. The highest BCUT2D eigenvalue weighted by atomic mass is 35.5. The van der Waals surface area contributed by atoms with Crippen molar-refractivity contribution in [1.29, 1.82) is 0 Å². The number of aliphatic carboxylic acids is 1. The third-order valence-corrected chi connectivity index (χ3v) is 5.69. The van der Waals surface area contributed by atoms with Crippen molar-refractivity contribution in [3.63, 3.8) is 0 Å². The Morgan fingerprint density at radius 3 is 2.03 bits per heavy atom. The van der Waals surface area contributed by atoms with E-state index in [0.717, 1.165) is 16.7 Å². The number of hydrogen-bond acceptors (Lipinski definition) is 2. The van der Waals surface area contributed by atoms with Crippen LogP contribution in [0.15, 0.2) is 97.1 Å². The van der Waals surface area contributed by atoms with E-state index in [1.54, 1.807) is 24.3 Å². The van der Waals surface area contributed by atoms with Gasteiger partial charge in [-0.05, 0) is 47.7 Å². The van der Waals surface area contributed by atoms with Crippen LogP contribution in [0.1, 0.15) is 36.0 Å². The minimum absolute atomic E-state index is 0.103. The van der Waals surface area contributed by atoms with Gasteiger partial charge < -0.3 is 5.11 Å². The molecule has 3 aromatic rings. The van der Waals surface area contributed by atoms with E-state index >= 15 is 0 Å².